The van der Waals surface area contributed by atoms with Crippen LogP contribution in [-0.4, -0.2) is 15.3 Å². The third-order valence-corrected chi connectivity index (χ3v) is 4.17. The number of pyridine rings is 2. The minimum atomic E-state index is -0.144. The van der Waals surface area contributed by atoms with Crippen molar-refractivity contribution in [2.45, 2.75) is 25.8 Å². The van der Waals surface area contributed by atoms with Gasteiger partial charge in [-0.25, -0.2) is 4.98 Å². The summed E-state index contributed by atoms with van der Waals surface area (Å²) in [6.45, 7) is 0.290. The van der Waals surface area contributed by atoms with Crippen LogP contribution in [0.1, 0.15) is 34.5 Å². The minimum Gasteiger partial charge on any atom is -0.307 e. The van der Waals surface area contributed by atoms with E-state index in [0.29, 0.717) is 22.7 Å². The van der Waals surface area contributed by atoms with Crippen LogP contribution in [0.25, 0.3) is 0 Å². The van der Waals surface area contributed by atoms with Crippen LogP contribution in [0.15, 0.2) is 29.1 Å². The van der Waals surface area contributed by atoms with Crippen LogP contribution >= 0.6 is 23.2 Å². The van der Waals surface area contributed by atoms with Crippen molar-refractivity contribution in [2.24, 2.45) is 0 Å². The molecular weight excluding hydrogens is 311 g/mol. The van der Waals surface area contributed by atoms with Crippen molar-refractivity contribution in [1.29, 1.82) is 0 Å². The zero-order valence-corrected chi connectivity index (χ0v) is 12.6. The van der Waals surface area contributed by atoms with E-state index in [2.05, 4.69) is 4.98 Å². The Hall–Kier alpha value is -1.65. The molecule has 2 aromatic heterocycles. The smallest absolute Gasteiger partial charge is 0.251 e. The Morgan fingerprint density at radius 3 is 2.67 bits per heavy atom. The number of Topliss-reactive ketones (excluding diaryl/α,β-unsaturated/α-hetero) is 1. The van der Waals surface area contributed by atoms with Crippen LogP contribution in [0.2, 0.25) is 10.3 Å². The molecule has 21 heavy (non-hydrogen) atoms. The van der Waals surface area contributed by atoms with E-state index in [-0.39, 0.29) is 23.0 Å². The summed E-state index contributed by atoms with van der Waals surface area (Å²) in [6.07, 6.45) is 2.02. The lowest BCUT2D eigenvalue weighted by atomic mass is 9.94. The average molecular weight is 323 g/mol. The summed E-state index contributed by atoms with van der Waals surface area (Å²) in [7, 11) is 0. The summed E-state index contributed by atoms with van der Waals surface area (Å²) in [5, 5.41) is 0.579. The van der Waals surface area contributed by atoms with Gasteiger partial charge in [0.25, 0.3) is 5.56 Å². The van der Waals surface area contributed by atoms with E-state index >= 15 is 0 Å². The number of nitrogens with zero attached hydrogens (tertiary/aromatic N) is 2. The van der Waals surface area contributed by atoms with Gasteiger partial charge in [0.15, 0.2) is 5.78 Å². The van der Waals surface area contributed by atoms with E-state index in [1.165, 1.54) is 6.07 Å². The number of halogens is 2. The first-order chi connectivity index (χ1) is 10.1. The molecule has 0 aromatic carbocycles. The number of carbonyl (C=O) groups excluding carboxylic acids is 1. The average Bonchev–Trinajstić information content (AvgIpc) is 2.44. The predicted molar refractivity (Wildman–Crippen MR) is 81.3 cm³/mol. The first-order valence-corrected chi connectivity index (χ1v) is 7.38. The van der Waals surface area contributed by atoms with E-state index in [1.807, 2.05) is 0 Å². The quantitative estimate of drug-likeness (QED) is 0.798. The third-order valence-electron chi connectivity index (χ3n) is 3.63. The van der Waals surface area contributed by atoms with E-state index in [0.717, 1.165) is 18.5 Å². The molecule has 2 heterocycles. The van der Waals surface area contributed by atoms with Gasteiger partial charge < -0.3 is 4.57 Å². The standard InChI is InChI=1S/C15H12Cl2N2O2/c16-13-6-4-9(15(17)18-13)8-19-11-2-1-3-12(20)10(11)5-7-14(19)21/h4-7H,1-3,8H2. The van der Waals surface area contributed by atoms with Gasteiger partial charge in [0.2, 0.25) is 0 Å². The molecule has 2 aromatic rings. The molecule has 4 nitrogen and oxygen atoms in total. The van der Waals surface area contributed by atoms with Crippen molar-refractivity contribution in [3.05, 3.63) is 61.7 Å². The first kappa shape index (κ1) is 14.3. The van der Waals surface area contributed by atoms with E-state index in [9.17, 15) is 9.59 Å². The maximum atomic E-state index is 12.1. The summed E-state index contributed by atoms with van der Waals surface area (Å²) < 4.78 is 1.60. The molecule has 6 heteroatoms. The lowest BCUT2D eigenvalue weighted by molar-refractivity contribution is 0.0970. The van der Waals surface area contributed by atoms with Crippen LogP contribution in [0.4, 0.5) is 0 Å². The van der Waals surface area contributed by atoms with Crippen molar-refractivity contribution in [3.8, 4) is 0 Å². The summed E-state index contributed by atoms with van der Waals surface area (Å²) >= 11 is 11.8. The van der Waals surface area contributed by atoms with Crippen LogP contribution in [0.5, 0.6) is 0 Å². The van der Waals surface area contributed by atoms with E-state index in [1.54, 1.807) is 22.8 Å². The molecule has 0 saturated heterocycles. The van der Waals surface area contributed by atoms with Crippen molar-refractivity contribution in [2.75, 3.05) is 0 Å². The van der Waals surface area contributed by atoms with Crippen molar-refractivity contribution in [3.63, 3.8) is 0 Å². The maximum Gasteiger partial charge on any atom is 0.251 e. The molecule has 0 N–H and O–H groups in total. The van der Waals surface area contributed by atoms with Crippen LogP contribution in [-0.2, 0) is 13.0 Å². The lowest BCUT2D eigenvalue weighted by Gasteiger charge is -2.20. The highest BCUT2D eigenvalue weighted by Crippen LogP contribution is 2.22. The number of carbonyl (C=O) groups is 1. The zero-order valence-electron chi connectivity index (χ0n) is 11.1. The SMILES string of the molecule is O=C1CCCc2c1ccc(=O)n2Cc1ccc(Cl)nc1Cl. The largest absolute Gasteiger partial charge is 0.307 e. The second-order valence-electron chi connectivity index (χ2n) is 4.98. The number of rotatable bonds is 2. The molecule has 3 rings (SSSR count). The Morgan fingerprint density at radius 1 is 1.10 bits per heavy atom. The molecule has 0 atom stereocenters. The number of fused-ring (bicyclic) bond motifs is 1. The fourth-order valence-corrected chi connectivity index (χ4v) is 3.00. The number of ketones is 1. The highest BCUT2D eigenvalue weighted by molar-refractivity contribution is 6.32. The van der Waals surface area contributed by atoms with Crippen LogP contribution in [0.3, 0.4) is 0 Å². The molecule has 0 saturated carbocycles. The number of hydrogen-bond donors (Lipinski definition) is 0. The number of aromatic nitrogens is 2. The van der Waals surface area contributed by atoms with Gasteiger partial charge in [0.05, 0.1) is 6.54 Å². The zero-order chi connectivity index (χ0) is 15.0. The van der Waals surface area contributed by atoms with Gasteiger partial charge in [-0.1, -0.05) is 29.3 Å². The molecule has 0 bridgehead atoms. The fraction of sp³-hybridized carbons (Fsp3) is 0.267. The fourth-order valence-electron chi connectivity index (χ4n) is 2.60. The molecule has 0 spiro atoms. The van der Waals surface area contributed by atoms with E-state index in [4.69, 9.17) is 23.2 Å². The maximum absolute atomic E-state index is 12.1. The Labute approximate surface area is 131 Å². The van der Waals surface area contributed by atoms with E-state index < -0.39 is 0 Å². The monoisotopic (exact) mass is 322 g/mol. The van der Waals surface area contributed by atoms with Gasteiger partial charge in [-0.05, 0) is 25.0 Å². The van der Waals surface area contributed by atoms with Crippen molar-refractivity contribution < 1.29 is 4.79 Å². The Bertz CT molecular complexity index is 784. The van der Waals surface area contributed by atoms with Crippen molar-refractivity contribution in [1.82, 2.24) is 9.55 Å². The minimum absolute atomic E-state index is 0.0883. The van der Waals surface area contributed by atoms with Crippen LogP contribution < -0.4 is 5.56 Å². The summed E-state index contributed by atoms with van der Waals surface area (Å²) in [6, 6.07) is 6.43. The second-order valence-corrected chi connectivity index (χ2v) is 5.72. The third kappa shape index (κ3) is 2.74. The van der Waals surface area contributed by atoms with Gasteiger partial charge in [-0.15, -0.1) is 0 Å². The molecule has 108 valence electrons. The molecule has 1 aliphatic carbocycles. The molecule has 0 amide bonds. The Balaban J connectivity index is 2.08. The number of hydrogen-bond acceptors (Lipinski definition) is 3. The van der Waals surface area contributed by atoms with Gasteiger partial charge in [-0.3, -0.25) is 9.59 Å². The highest BCUT2D eigenvalue weighted by Gasteiger charge is 2.21. The Morgan fingerprint density at radius 2 is 1.90 bits per heavy atom. The summed E-state index contributed by atoms with van der Waals surface area (Å²) in [4.78, 5) is 28.1. The molecule has 0 aliphatic heterocycles. The van der Waals surface area contributed by atoms with Gasteiger partial charge >= 0.3 is 0 Å². The highest BCUT2D eigenvalue weighted by atomic mass is 35.5. The van der Waals surface area contributed by atoms with Crippen molar-refractivity contribution >= 4 is 29.0 Å². The first-order valence-electron chi connectivity index (χ1n) is 6.63. The molecule has 0 fully saturated rings. The molecule has 0 radical (unpaired) electrons. The predicted octanol–water partition coefficient (Wildman–Crippen LogP) is 3.12. The van der Waals surface area contributed by atoms with Crippen LogP contribution in [0, 0.1) is 0 Å². The lowest BCUT2D eigenvalue weighted by Crippen LogP contribution is -2.28. The normalized spacial score (nSPS) is 14.1. The van der Waals surface area contributed by atoms with Gasteiger partial charge in [0.1, 0.15) is 10.3 Å². The molecule has 1 aliphatic rings. The Kier molecular flexibility index (Phi) is 3.83. The van der Waals surface area contributed by atoms with Gasteiger partial charge in [-0.2, -0.15) is 0 Å². The summed E-state index contributed by atoms with van der Waals surface area (Å²) in [5.74, 6) is 0.0883. The molecule has 0 unspecified atom stereocenters. The molecular formula is C15H12Cl2N2O2. The topological polar surface area (TPSA) is 52.0 Å². The van der Waals surface area contributed by atoms with Gasteiger partial charge in [0, 0.05) is 29.3 Å². The summed E-state index contributed by atoms with van der Waals surface area (Å²) in [5.41, 5.74) is 1.98. The second kappa shape index (κ2) is 5.62.